The first kappa shape index (κ1) is 19.4. The number of rotatable bonds is 5. The van der Waals surface area contributed by atoms with Crippen molar-refractivity contribution in [3.63, 3.8) is 0 Å². The van der Waals surface area contributed by atoms with Crippen LogP contribution < -0.4 is 14.8 Å². The lowest BCUT2D eigenvalue weighted by atomic mass is 10.1. The normalized spacial score (nSPS) is 14.0. The molecular weight excluding hydrogens is 382 g/mol. The van der Waals surface area contributed by atoms with Gasteiger partial charge in [0.15, 0.2) is 11.5 Å². The van der Waals surface area contributed by atoms with Crippen molar-refractivity contribution in [2.75, 3.05) is 18.5 Å². The summed E-state index contributed by atoms with van der Waals surface area (Å²) < 4.78 is 11.5. The topological polar surface area (TPSA) is 47.6 Å². The van der Waals surface area contributed by atoms with E-state index in [1.807, 2.05) is 79.7 Å². The van der Waals surface area contributed by atoms with Crippen LogP contribution >= 0.6 is 11.8 Å². The van der Waals surface area contributed by atoms with E-state index in [2.05, 4.69) is 5.32 Å². The highest BCUT2D eigenvalue weighted by Crippen LogP contribution is 2.40. The van der Waals surface area contributed by atoms with Crippen LogP contribution in [0, 0.1) is 6.92 Å². The van der Waals surface area contributed by atoms with Crippen LogP contribution in [0.25, 0.3) is 0 Å². The quantitative estimate of drug-likeness (QED) is 0.559. The van der Waals surface area contributed by atoms with Gasteiger partial charge in [-0.25, -0.2) is 0 Å². The summed E-state index contributed by atoms with van der Waals surface area (Å²) >= 11 is 1.50. The van der Waals surface area contributed by atoms with Crippen LogP contribution in [0.5, 0.6) is 11.5 Å². The van der Waals surface area contributed by atoms with Crippen molar-refractivity contribution in [2.24, 2.45) is 0 Å². The molecule has 4 nitrogen and oxygen atoms in total. The zero-order chi connectivity index (χ0) is 20.1. The second kappa shape index (κ2) is 9.05. The summed E-state index contributed by atoms with van der Waals surface area (Å²) in [6.07, 6.45) is 0.864. The molecule has 0 bridgehead atoms. The van der Waals surface area contributed by atoms with Crippen LogP contribution in [0.3, 0.4) is 0 Å². The SMILES string of the molecule is Cc1ccc(NC(=O)C(Sc2ccc3c(c2)OCCCO3)c2ccccc2)cc1. The molecule has 3 aromatic rings. The standard InChI is InChI=1S/C24H23NO3S/c1-17-8-10-19(11-9-17)25-24(26)23(18-6-3-2-4-7-18)29-20-12-13-21-22(16-20)28-15-5-14-27-21/h2-4,6-13,16,23H,5,14-15H2,1H3,(H,25,26). The number of anilines is 1. The number of hydrogen-bond acceptors (Lipinski definition) is 4. The Morgan fingerprint density at radius 2 is 1.66 bits per heavy atom. The van der Waals surface area contributed by atoms with E-state index in [4.69, 9.17) is 9.47 Å². The number of nitrogens with one attached hydrogen (secondary N) is 1. The molecule has 0 aromatic heterocycles. The summed E-state index contributed by atoms with van der Waals surface area (Å²) in [5, 5.41) is 2.66. The second-order valence-electron chi connectivity index (χ2n) is 6.92. The zero-order valence-corrected chi connectivity index (χ0v) is 17.1. The molecule has 1 atom stereocenters. The number of ether oxygens (including phenoxy) is 2. The van der Waals surface area contributed by atoms with Gasteiger partial charge in [0, 0.05) is 17.0 Å². The van der Waals surface area contributed by atoms with E-state index in [0.717, 1.165) is 39.6 Å². The van der Waals surface area contributed by atoms with Crippen molar-refractivity contribution >= 4 is 23.4 Å². The molecule has 1 aliphatic heterocycles. The molecule has 0 radical (unpaired) electrons. The van der Waals surface area contributed by atoms with Crippen LogP contribution in [0.1, 0.15) is 22.8 Å². The molecule has 1 heterocycles. The third-order valence-electron chi connectivity index (χ3n) is 4.63. The number of benzene rings is 3. The van der Waals surface area contributed by atoms with Crippen LogP contribution in [-0.4, -0.2) is 19.1 Å². The molecule has 0 spiro atoms. The van der Waals surface area contributed by atoms with Gasteiger partial charge < -0.3 is 14.8 Å². The van der Waals surface area contributed by atoms with Gasteiger partial charge in [-0.1, -0.05) is 48.0 Å². The van der Waals surface area contributed by atoms with E-state index in [1.165, 1.54) is 11.8 Å². The predicted octanol–water partition coefficient (Wildman–Crippen LogP) is 5.63. The maximum absolute atomic E-state index is 13.2. The highest BCUT2D eigenvalue weighted by Gasteiger charge is 2.23. The molecule has 1 N–H and O–H groups in total. The summed E-state index contributed by atoms with van der Waals surface area (Å²) in [6.45, 7) is 3.32. The number of amides is 1. The summed E-state index contributed by atoms with van der Waals surface area (Å²) in [6, 6.07) is 23.5. The molecule has 4 rings (SSSR count). The van der Waals surface area contributed by atoms with Gasteiger partial charge in [0.25, 0.3) is 0 Å². The fourth-order valence-electron chi connectivity index (χ4n) is 3.10. The van der Waals surface area contributed by atoms with E-state index < -0.39 is 0 Å². The lowest BCUT2D eigenvalue weighted by Gasteiger charge is -2.18. The number of fused-ring (bicyclic) bond motifs is 1. The van der Waals surface area contributed by atoms with Crippen LogP contribution in [0.15, 0.2) is 77.7 Å². The molecule has 5 heteroatoms. The van der Waals surface area contributed by atoms with Gasteiger partial charge in [-0.05, 0) is 42.8 Å². The van der Waals surface area contributed by atoms with Crippen molar-refractivity contribution in [3.8, 4) is 11.5 Å². The van der Waals surface area contributed by atoms with Crippen molar-refractivity contribution in [1.29, 1.82) is 0 Å². The van der Waals surface area contributed by atoms with E-state index in [0.29, 0.717) is 13.2 Å². The van der Waals surface area contributed by atoms with Gasteiger partial charge in [-0.15, -0.1) is 11.8 Å². The van der Waals surface area contributed by atoms with Crippen molar-refractivity contribution in [2.45, 2.75) is 23.5 Å². The maximum Gasteiger partial charge on any atom is 0.242 e. The Kier molecular flexibility index (Phi) is 6.06. The first-order valence-corrected chi connectivity index (χ1v) is 10.6. The smallest absolute Gasteiger partial charge is 0.242 e. The zero-order valence-electron chi connectivity index (χ0n) is 16.3. The minimum Gasteiger partial charge on any atom is -0.490 e. The first-order chi connectivity index (χ1) is 14.2. The molecule has 1 amide bonds. The molecular formula is C24H23NO3S. The largest absolute Gasteiger partial charge is 0.490 e. The molecule has 1 aliphatic rings. The van der Waals surface area contributed by atoms with Crippen molar-refractivity contribution < 1.29 is 14.3 Å². The summed E-state index contributed by atoms with van der Waals surface area (Å²) in [5.41, 5.74) is 2.90. The molecule has 1 unspecified atom stereocenters. The Hall–Kier alpha value is -2.92. The van der Waals surface area contributed by atoms with E-state index in [9.17, 15) is 4.79 Å². The summed E-state index contributed by atoms with van der Waals surface area (Å²) in [5.74, 6) is 1.43. The van der Waals surface area contributed by atoms with Crippen LogP contribution in [0.2, 0.25) is 0 Å². The Balaban J connectivity index is 1.58. The monoisotopic (exact) mass is 405 g/mol. The fourth-order valence-corrected chi connectivity index (χ4v) is 4.15. The minimum atomic E-state index is -0.387. The number of thioether (sulfide) groups is 1. The van der Waals surface area contributed by atoms with E-state index in [-0.39, 0.29) is 11.2 Å². The summed E-state index contributed by atoms with van der Waals surface area (Å²) in [7, 11) is 0. The third kappa shape index (κ3) is 4.93. The lowest BCUT2D eigenvalue weighted by Crippen LogP contribution is -2.19. The maximum atomic E-state index is 13.2. The fraction of sp³-hybridized carbons (Fsp3) is 0.208. The number of carbonyl (C=O) groups excluding carboxylic acids is 1. The van der Waals surface area contributed by atoms with Gasteiger partial charge in [0.1, 0.15) is 5.25 Å². The summed E-state index contributed by atoms with van der Waals surface area (Å²) in [4.78, 5) is 14.1. The number of hydrogen-bond donors (Lipinski definition) is 1. The van der Waals surface area contributed by atoms with Gasteiger partial charge in [0.05, 0.1) is 13.2 Å². The van der Waals surface area contributed by atoms with Gasteiger partial charge in [-0.2, -0.15) is 0 Å². The van der Waals surface area contributed by atoms with E-state index in [1.54, 1.807) is 0 Å². The van der Waals surface area contributed by atoms with Gasteiger partial charge in [0.2, 0.25) is 5.91 Å². The minimum absolute atomic E-state index is 0.0582. The lowest BCUT2D eigenvalue weighted by molar-refractivity contribution is -0.115. The van der Waals surface area contributed by atoms with Gasteiger partial charge in [-0.3, -0.25) is 4.79 Å². The molecule has 148 valence electrons. The van der Waals surface area contributed by atoms with Crippen LogP contribution in [0.4, 0.5) is 5.69 Å². The molecule has 0 aliphatic carbocycles. The predicted molar refractivity (Wildman–Crippen MR) is 117 cm³/mol. The van der Waals surface area contributed by atoms with Crippen molar-refractivity contribution in [3.05, 3.63) is 83.9 Å². The molecule has 3 aromatic carbocycles. The Labute approximate surface area is 175 Å². The molecule has 0 saturated carbocycles. The van der Waals surface area contributed by atoms with Crippen molar-refractivity contribution in [1.82, 2.24) is 0 Å². The van der Waals surface area contributed by atoms with Gasteiger partial charge >= 0.3 is 0 Å². The Morgan fingerprint density at radius 3 is 2.41 bits per heavy atom. The number of carbonyl (C=O) groups is 1. The Morgan fingerprint density at radius 1 is 0.931 bits per heavy atom. The average Bonchev–Trinajstić information content (AvgIpc) is 2.99. The second-order valence-corrected chi connectivity index (χ2v) is 8.10. The van der Waals surface area contributed by atoms with E-state index >= 15 is 0 Å². The third-order valence-corrected chi connectivity index (χ3v) is 5.88. The molecule has 29 heavy (non-hydrogen) atoms. The molecule has 0 saturated heterocycles. The molecule has 0 fully saturated rings. The number of aryl methyl sites for hydroxylation is 1. The first-order valence-electron chi connectivity index (χ1n) is 9.68. The highest BCUT2D eigenvalue weighted by molar-refractivity contribution is 8.00. The average molecular weight is 406 g/mol. The Bertz CT molecular complexity index is 973. The van der Waals surface area contributed by atoms with Crippen LogP contribution in [-0.2, 0) is 4.79 Å². The highest BCUT2D eigenvalue weighted by atomic mass is 32.2.